The number of rotatable bonds is 4. The standard InChI is InChI=1S/C17H19FN4O2/c1-17(2,24)8-22-15-11-5-9(11)6-12(15)14(21-22)16(23)20-13-4-3-10(18)7-19-13/h3-4,7,9,11,24H,5-6,8H2,1-2H3,(H,19,20,23)/t9-,11-/m1/s1. The molecule has 24 heavy (non-hydrogen) atoms. The first-order chi connectivity index (χ1) is 11.3. The first-order valence-corrected chi connectivity index (χ1v) is 8.07. The van der Waals surface area contributed by atoms with Crippen molar-refractivity contribution in [3.05, 3.63) is 41.1 Å². The lowest BCUT2D eigenvalue weighted by atomic mass is 10.1. The van der Waals surface area contributed by atoms with Crippen molar-refractivity contribution in [1.82, 2.24) is 14.8 Å². The number of aliphatic hydroxyl groups is 1. The van der Waals surface area contributed by atoms with Crippen LogP contribution in [0.3, 0.4) is 0 Å². The van der Waals surface area contributed by atoms with Crippen LogP contribution in [-0.4, -0.2) is 31.4 Å². The molecule has 2 aromatic heterocycles. The third kappa shape index (κ3) is 2.69. The molecule has 126 valence electrons. The summed E-state index contributed by atoms with van der Waals surface area (Å²) >= 11 is 0. The highest BCUT2D eigenvalue weighted by Gasteiger charge is 2.50. The number of amides is 1. The van der Waals surface area contributed by atoms with E-state index in [0.29, 0.717) is 24.1 Å². The van der Waals surface area contributed by atoms with Crippen LogP contribution in [0.4, 0.5) is 10.2 Å². The Morgan fingerprint density at radius 3 is 2.96 bits per heavy atom. The Labute approximate surface area is 138 Å². The molecule has 2 aromatic rings. The zero-order valence-electron chi connectivity index (χ0n) is 13.6. The molecule has 0 unspecified atom stereocenters. The Bertz CT molecular complexity index is 807. The maximum Gasteiger partial charge on any atom is 0.277 e. The fourth-order valence-electron chi connectivity index (χ4n) is 3.49. The highest BCUT2D eigenvalue weighted by atomic mass is 19.1. The number of hydrogen-bond donors (Lipinski definition) is 2. The van der Waals surface area contributed by atoms with Crippen LogP contribution in [0.25, 0.3) is 0 Å². The fraction of sp³-hybridized carbons (Fsp3) is 0.471. The number of nitrogens with one attached hydrogen (secondary N) is 1. The highest BCUT2D eigenvalue weighted by molar-refractivity contribution is 6.03. The summed E-state index contributed by atoms with van der Waals surface area (Å²) in [5.41, 5.74) is 1.53. The van der Waals surface area contributed by atoms with Crippen LogP contribution in [0.5, 0.6) is 0 Å². The maximum atomic E-state index is 12.9. The van der Waals surface area contributed by atoms with Gasteiger partial charge >= 0.3 is 0 Å². The molecule has 2 aliphatic rings. The van der Waals surface area contributed by atoms with E-state index in [4.69, 9.17) is 0 Å². The molecule has 2 atom stereocenters. The third-order valence-electron chi connectivity index (χ3n) is 4.55. The van der Waals surface area contributed by atoms with Gasteiger partial charge in [0.1, 0.15) is 11.6 Å². The molecule has 1 saturated carbocycles. The summed E-state index contributed by atoms with van der Waals surface area (Å²) < 4.78 is 14.7. The van der Waals surface area contributed by atoms with Crippen molar-refractivity contribution in [2.45, 2.75) is 44.8 Å². The Morgan fingerprint density at radius 1 is 1.50 bits per heavy atom. The van der Waals surface area contributed by atoms with Crippen molar-refractivity contribution < 1.29 is 14.3 Å². The first-order valence-electron chi connectivity index (χ1n) is 8.07. The number of hydrogen-bond acceptors (Lipinski definition) is 4. The van der Waals surface area contributed by atoms with E-state index in [2.05, 4.69) is 15.4 Å². The SMILES string of the molecule is CC(C)(O)Cn1nc(C(=O)Nc2ccc(F)cn2)c2c1[C@@H]1C[C@@H]1C2. The van der Waals surface area contributed by atoms with Gasteiger partial charge in [-0.05, 0) is 44.7 Å². The van der Waals surface area contributed by atoms with Gasteiger partial charge in [0.25, 0.3) is 5.91 Å². The fourth-order valence-corrected chi connectivity index (χ4v) is 3.49. The van der Waals surface area contributed by atoms with E-state index in [1.807, 2.05) is 0 Å². The molecule has 0 aromatic carbocycles. The lowest BCUT2D eigenvalue weighted by Gasteiger charge is -2.18. The lowest BCUT2D eigenvalue weighted by Crippen LogP contribution is -2.28. The number of nitrogens with zero attached hydrogens (tertiary/aromatic N) is 3. The molecular weight excluding hydrogens is 311 g/mol. The van der Waals surface area contributed by atoms with E-state index in [1.54, 1.807) is 18.5 Å². The quantitative estimate of drug-likeness (QED) is 0.900. The monoisotopic (exact) mass is 330 g/mol. The number of aromatic nitrogens is 3. The van der Waals surface area contributed by atoms with Crippen LogP contribution in [-0.2, 0) is 13.0 Å². The zero-order chi connectivity index (χ0) is 17.1. The Morgan fingerprint density at radius 2 is 2.29 bits per heavy atom. The molecule has 7 heteroatoms. The van der Waals surface area contributed by atoms with E-state index in [9.17, 15) is 14.3 Å². The summed E-state index contributed by atoms with van der Waals surface area (Å²) in [5, 5.41) is 17.2. The zero-order valence-corrected chi connectivity index (χ0v) is 13.6. The van der Waals surface area contributed by atoms with Crippen LogP contribution in [0.1, 0.15) is 47.9 Å². The Kier molecular flexibility index (Phi) is 3.25. The molecule has 2 heterocycles. The van der Waals surface area contributed by atoms with Gasteiger partial charge in [-0.1, -0.05) is 0 Å². The molecule has 2 N–H and O–H groups in total. The molecule has 1 amide bonds. The minimum atomic E-state index is -0.904. The second-order valence-electron chi connectivity index (χ2n) is 7.30. The number of pyridine rings is 1. The summed E-state index contributed by atoms with van der Waals surface area (Å²) in [6.45, 7) is 3.80. The van der Waals surface area contributed by atoms with Crippen LogP contribution in [0.15, 0.2) is 18.3 Å². The van der Waals surface area contributed by atoms with E-state index >= 15 is 0 Å². The molecule has 0 radical (unpaired) electrons. The van der Waals surface area contributed by atoms with Crippen molar-refractivity contribution in [2.75, 3.05) is 5.32 Å². The van der Waals surface area contributed by atoms with Crippen LogP contribution in [0, 0.1) is 11.7 Å². The van der Waals surface area contributed by atoms with Crippen molar-refractivity contribution in [3.63, 3.8) is 0 Å². The summed E-state index contributed by atoms with van der Waals surface area (Å²) in [6.07, 6.45) is 3.04. The molecule has 0 saturated heterocycles. The number of anilines is 1. The first kappa shape index (κ1) is 15.3. The molecule has 4 rings (SSSR count). The van der Waals surface area contributed by atoms with Crippen molar-refractivity contribution in [1.29, 1.82) is 0 Å². The predicted molar refractivity (Wildman–Crippen MR) is 85.2 cm³/mol. The second kappa shape index (κ2) is 5.11. The van der Waals surface area contributed by atoms with Gasteiger partial charge in [0.05, 0.1) is 18.3 Å². The van der Waals surface area contributed by atoms with Gasteiger partial charge in [-0.3, -0.25) is 9.48 Å². The Hall–Kier alpha value is -2.28. The molecule has 0 spiro atoms. The smallest absolute Gasteiger partial charge is 0.277 e. The molecule has 1 fully saturated rings. The van der Waals surface area contributed by atoms with Crippen LogP contribution >= 0.6 is 0 Å². The van der Waals surface area contributed by atoms with Crippen molar-refractivity contribution in [3.8, 4) is 0 Å². The van der Waals surface area contributed by atoms with E-state index in [-0.39, 0.29) is 11.7 Å². The van der Waals surface area contributed by atoms with Gasteiger partial charge in [-0.25, -0.2) is 9.37 Å². The van der Waals surface area contributed by atoms with Gasteiger partial charge < -0.3 is 10.4 Å². The topological polar surface area (TPSA) is 80.0 Å². The molecule has 0 aliphatic heterocycles. The lowest BCUT2D eigenvalue weighted by molar-refractivity contribution is 0.0565. The second-order valence-corrected chi connectivity index (χ2v) is 7.30. The minimum absolute atomic E-state index is 0.287. The van der Waals surface area contributed by atoms with Gasteiger partial charge in [0, 0.05) is 17.2 Å². The summed E-state index contributed by atoms with van der Waals surface area (Å²) in [5.74, 6) is 0.543. The minimum Gasteiger partial charge on any atom is -0.389 e. The molecule has 2 aliphatic carbocycles. The number of carbonyl (C=O) groups excluding carboxylic acids is 1. The van der Waals surface area contributed by atoms with E-state index in [0.717, 1.165) is 30.3 Å². The predicted octanol–water partition coefficient (Wildman–Crippen LogP) is 2.10. The molecule has 0 bridgehead atoms. The van der Waals surface area contributed by atoms with Gasteiger partial charge in [-0.15, -0.1) is 0 Å². The average Bonchev–Trinajstić information content (AvgIpc) is 3.00. The largest absolute Gasteiger partial charge is 0.389 e. The van der Waals surface area contributed by atoms with Gasteiger partial charge in [-0.2, -0.15) is 5.10 Å². The van der Waals surface area contributed by atoms with E-state index < -0.39 is 11.4 Å². The average molecular weight is 330 g/mol. The van der Waals surface area contributed by atoms with Crippen LogP contribution in [0.2, 0.25) is 0 Å². The van der Waals surface area contributed by atoms with Gasteiger partial charge in [0.15, 0.2) is 5.69 Å². The number of halogens is 1. The van der Waals surface area contributed by atoms with Crippen LogP contribution < -0.4 is 5.32 Å². The molecular formula is C17H19FN4O2. The van der Waals surface area contributed by atoms with Gasteiger partial charge in [0.2, 0.25) is 0 Å². The highest BCUT2D eigenvalue weighted by Crippen LogP contribution is 2.57. The maximum absolute atomic E-state index is 12.9. The molecule has 6 nitrogen and oxygen atoms in total. The van der Waals surface area contributed by atoms with Crippen molar-refractivity contribution >= 4 is 11.7 Å². The summed E-state index contributed by atoms with van der Waals surface area (Å²) in [4.78, 5) is 16.4. The summed E-state index contributed by atoms with van der Waals surface area (Å²) in [7, 11) is 0. The van der Waals surface area contributed by atoms with Crippen molar-refractivity contribution in [2.24, 2.45) is 5.92 Å². The Balaban J connectivity index is 1.63. The van der Waals surface area contributed by atoms with E-state index in [1.165, 1.54) is 12.1 Å². The summed E-state index contributed by atoms with van der Waals surface area (Å²) in [6, 6.07) is 2.66. The third-order valence-corrected chi connectivity index (χ3v) is 4.55. The number of fused-ring (bicyclic) bond motifs is 3. The number of carbonyl (C=O) groups is 1. The normalized spacial score (nSPS) is 21.3.